The molecule has 0 fully saturated rings. The number of ether oxygens (including phenoxy) is 2. The van der Waals surface area contributed by atoms with Gasteiger partial charge in [0.05, 0.1) is 24.7 Å². The number of nitrogens with zero attached hydrogens (tertiary/aromatic N) is 4. The maximum Gasteiger partial charge on any atom is 0.387 e. The summed E-state index contributed by atoms with van der Waals surface area (Å²) in [6.07, 6.45) is 5.72. The Bertz CT molecular complexity index is 1490. The van der Waals surface area contributed by atoms with Crippen LogP contribution in [0.15, 0.2) is 79.3 Å². The van der Waals surface area contributed by atoms with Crippen LogP contribution in [-0.2, 0) is 13.0 Å². The van der Waals surface area contributed by atoms with Gasteiger partial charge in [-0.2, -0.15) is 8.78 Å². The van der Waals surface area contributed by atoms with Gasteiger partial charge in [-0.05, 0) is 59.7 Å². The van der Waals surface area contributed by atoms with Gasteiger partial charge in [-0.15, -0.1) is 0 Å². The highest BCUT2D eigenvalue weighted by Crippen LogP contribution is 2.30. The predicted octanol–water partition coefficient (Wildman–Crippen LogP) is 6.40. The third kappa shape index (κ3) is 5.13. The maximum atomic E-state index is 13.1. The van der Waals surface area contributed by atoms with Gasteiger partial charge >= 0.3 is 6.61 Å². The van der Waals surface area contributed by atoms with Crippen LogP contribution in [0, 0.1) is 0 Å². The van der Waals surface area contributed by atoms with Crippen molar-refractivity contribution < 1.29 is 18.3 Å². The van der Waals surface area contributed by atoms with E-state index in [0.29, 0.717) is 22.9 Å². The van der Waals surface area contributed by atoms with E-state index in [2.05, 4.69) is 9.97 Å². The predicted molar refractivity (Wildman–Crippen MR) is 134 cm³/mol. The van der Waals surface area contributed by atoms with Crippen LogP contribution in [0.5, 0.6) is 11.6 Å². The first-order valence-corrected chi connectivity index (χ1v) is 11.5. The van der Waals surface area contributed by atoms with Crippen molar-refractivity contribution >= 4 is 22.6 Å². The van der Waals surface area contributed by atoms with Crippen LogP contribution in [0.3, 0.4) is 0 Å². The Kier molecular flexibility index (Phi) is 6.77. The number of pyridine rings is 2. The van der Waals surface area contributed by atoms with Crippen molar-refractivity contribution in [2.75, 3.05) is 7.11 Å². The SMILES string of the molecule is COc1ccc(-c2ccc3nc(Cc4ccncc4)n(Cc4cc(Cl)ccc4OC(F)F)c3c2)cn1. The van der Waals surface area contributed by atoms with E-state index in [-0.39, 0.29) is 12.3 Å². The van der Waals surface area contributed by atoms with Crippen molar-refractivity contribution in [1.29, 1.82) is 0 Å². The zero-order chi connectivity index (χ0) is 25.1. The molecule has 0 aliphatic rings. The largest absolute Gasteiger partial charge is 0.481 e. The normalized spacial score (nSPS) is 11.2. The third-order valence-corrected chi connectivity index (χ3v) is 6.02. The second-order valence-electron chi connectivity index (χ2n) is 8.07. The Morgan fingerprint density at radius 1 is 0.972 bits per heavy atom. The molecule has 0 unspecified atom stereocenters. The molecule has 2 aromatic carbocycles. The van der Waals surface area contributed by atoms with Gasteiger partial charge in [-0.25, -0.2) is 9.97 Å². The Hall–Kier alpha value is -4.04. The first kappa shape index (κ1) is 23.7. The maximum absolute atomic E-state index is 13.1. The summed E-state index contributed by atoms with van der Waals surface area (Å²) >= 11 is 6.22. The van der Waals surface area contributed by atoms with Crippen molar-refractivity contribution in [3.63, 3.8) is 0 Å². The highest BCUT2D eigenvalue weighted by molar-refractivity contribution is 6.30. The van der Waals surface area contributed by atoms with Crippen LogP contribution in [0.25, 0.3) is 22.2 Å². The second-order valence-corrected chi connectivity index (χ2v) is 8.51. The Labute approximate surface area is 211 Å². The molecule has 36 heavy (non-hydrogen) atoms. The topological polar surface area (TPSA) is 62.1 Å². The number of hydrogen-bond acceptors (Lipinski definition) is 5. The number of halogens is 3. The molecule has 0 atom stereocenters. The Morgan fingerprint density at radius 2 is 1.78 bits per heavy atom. The number of hydrogen-bond donors (Lipinski definition) is 0. The summed E-state index contributed by atoms with van der Waals surface area (Å²) in [5.74, 6) is 1.36. The van der Waals surface area contributed by atoms with Crippen LogP contribution >= 0.6 is 11.6 Å². The van der Waals surface area contributed by atoms with E-state index < -0.39 is 6.61 Å². The number of benzene rings is 2. The molecule has 0 aliphatic carbocycles. The lowest BCUT2D eigenvalue weighted by molar-refractivity contribution is -0.0504. The van der Waals surface area contributed by atoms with Gasteiger partial charge in [-0.1, -0.05) is 17.7 Å². The van der Waals surface area contributed by atoms with E-state index in [9.17, 15) is 8.78 Å². The fraction of sp³-hybridized carbons (Fsp3) is 0.148. The first-order chi connectivity index (χ1) is 17.5. The number of imidazole rings is 1. The molecule has 0 spiro atoms. The number of rotatable bonds is 8. The zero-order valence-electron chi connectivity index (χ0n) is 19.2. The van der Waals surface area contributed by atoms with Gasteiger partial charge < -0.3 is 14.0 Å². The fourth-order valence-corrected chi connectivity index (χ4v) is 4.27. The molecule has 0 amide bonds. The monoisotopic (exact) mass is 506 g/mol. The number of alkyl halides is 2. The highest BCUT2D eigenvalue weighted by Gasteiger charge is 2.17. The van der Waals surface area contributed by atoms with Gasteiger partial charge in [-0.3, -0.25) is 4.98 Å². The third-order valence-electron chi connectivity index (χ3n) is 5.78. The molecule has 3 aromatic heterocycles. The summed E-state index contributed by atoms with van der Waals surface area (Å²) in [5, 5.41) is 0.428. The number of fused-ring (bicyclic) bond motifs is 1. The summed E-state index contributed by atoms with van der Waals surface area (Å²) in [6.45, 7) is -2.71. The van der Waals surface area contributed by atoms with Crippen molar-refractivity contribution in [3.05, 3.63) is 101 Å². The Balaban J connectivity index is 1.63. The molecular weight excluding hydrogens is 486 g/mol. The lowest BCUT2D eigenvalue weighted by atomic mass is 10.1. The van der Waals surface area contributed by atoms with E-state index in [1.54, 1.807) is 37.8 Å². The first-order valence-electron chi connectivity index (χ1n) is 11.1. The molecule has 0 saturated carbocycles. The summed E-state index contributed by atoms with van der Waals surface area (Å²) in [6, 6.07) is 18.1. The number of aromatic nitrogens is 4. The van der Waals surface area contributed by atoms with E-state index in [1.165, 1.54) is 12.1 Å². The van der Waals surface area contributed by atoms with Crippen molar-refractivity contribution in [2.45, 2.75) is 19.6 Å². The van der Waals surface area contributed by atoms with Crippen LogP contribution in [0.2, 0.25) is 5.02 Å². The molecule has 0 saturated heterocycles. The van der Waals surface area contributed by atoms with Crippen LogP contribution < -0.4 is 9.47 Å². The molecule has 5 rings (SSSR count). The van der Waals surface area contributed by atoms with Gasteiger partial charge in [0.1, 0.15) is 11.6 Å². The molecule has 3 heterocycles. The molecule has 182 valence electrons. The van der Waals surface area contributed by atoms with Crippen LogP contribution in [-0.4, -0.2) is 33.2 Å². The van der Waals surface area contributed by atoms with E-state index in [0.717, 1.165) is 33.5 Å². The molecule has 6 nitrogen and oxygen atoms in total. The van der Waals surface area contributed by atoms with E-state index in [4.69, 9.17) is 26.1 Å². The quantitative estimate of drug-likeness (QED) is 0.244. The van der Waals surface area contributed by atoms with Gasteiger partial charge in [0.2, 0.25) is 5.88 Å². The van der Waals surface area contributed by atoms with Gasteiger partial charge in [0, 0.05) is 47.2 Å². The lowest BCUT2D eigenvalue weighted by Crippen LogP contribution is -2.10. The van der Waals surface area contributed by atoms with Crippen molar-refractivity contribution in [1.82, 2.24) is 19.5 Å². The minimum absolute atomic E-state index is 0.0709. The van der Waals surface area contributed by atoms with E-state index in [1.807, 2.05) is 41.0 Å². The smallest absolute Gasteiger partial charge is 0.387 e. The highest BCUT2D eigenvalue weighted by atomic mass is 35.5. The van der Waals surface area contributed by atoms with E-state index >= 15 is 0 Å². The van der Waals surface area contributed by atoms with Crippen molar-refractivity contribution in [3.8, 4) is 22.8 Å². The summed E-state index contributed by atoms with van der Waals surface area (Å²) in [5.41, 5.74) is 5.01. The van der Waals surface area contributed by atoms with Gasteiger partial charge in [0.25, 0.3) is 0 Å². The van der Waals surface area contributed by atoms with Crippen LogP contribution in [0.1, 0.15) is 17.0 Å². The summed E-state index contributed by atoms with van der Waals surface area (Å²) in [7, 11) is 1.57. The minimum Gasteiger partial charge on any atom is -0.481 e. The van der Waals surface area contributed by atoms with Gasteiger partial charge in [0.15, 0.2) is 0 Å². The summed E-state index contributed by atoms with van der Waals surface area (Å²) < 4.78 is 38.1. The molecule has 0 aliphatic heterocycles. The average molecular weight is 507 g/mol. The van der Waals surface area contributed by atoms with Crippen molar-refractivity contribution in [2.24, 2.45) is 0 Å². The van der Waals surface area contributed by atoms with Crippen LogP contribution in [0.4, 0.5) is 8.78 Å². The fourth-order valence-electron chi connectivity index (χ4n) is 4.07. The minimum atomic E-state index is -2.95. The molecular formula is C27H21ClF2N4O2. The summed E-state index contributed by atoms with van der Waals surface area (Å²) in [4.78, 5) is 13.2. The molecule has 5 aromatic rings. The zero-order valence-corrected chi connectivity index (χ0v) is 20.0. The Morgan fingerprint density at radius 3 is 2.50 bits per heavy atom. The molecule has 0 radical (unpaired) electrons. The molecule has 0 bridgehead atoms. The molecule has 9 heteroatoms. The average Bonchev–Trinajstić information content (AvgIpc) is 3.22. The lowest BCUT2D eigenvalue weighted by Gasteiger charge is -2.15. The second kappa shape index (κ2) is 10.3. The standard InChI is InChI=1S/C27H21ClF2N4O2/c1-35-26-7-3-19(15-32-26)18-2-5-22-23(14-18)34(25(33-22)12-17-8-10-31-11-9-17)16-20-13-21(28)4-6-24(20)36-27(29)30/h2-11,13-15,27H,12,16H2,1H3. The molecule has 0 N–H and O–H groups in total. The number of methoxy groups -OCH3 is 1.